The molecule has 1 rings (SSSR count). The van der Waals surface area contributed by atoms with Crippen LogP contribution in [0.3, 0.4) is 0 Å². The van der Waals surface area contributed by atoms with Gasteiger partial charge in [-0.1, -0.05) is 0 Å². The molecule has 0 saturated carbocycles. The van der Waals surface area contributed by atoms with E-state index >= 15 is 0 Å². The molecule has 1 heterocycles. The van der Waals surface area contributed by atoms with Gasteiger partial charge in [0.15, 0.2) is 0 Å². The topological polar surface area (TPSA) is 41.6 Å². The molecule has 0 spiro atoms. The van der Waals surface area contributed by atoms with E-state index in [0.29, 0.717) is 0 Å². The summed E-state index contributed by atoms with van der Waals surface area (Å²) in [5.74, 6) is 0. The molecule has 1 N–H and O–H groups in total. The predicted octanol–water partition coefficient (Wildman–Crippen LogP) is -0.198. The molecule has 0 aliphatic rings. The van der Waals surface area contributed by atoms with Crippen molar-refractivity contribution in [1.29, 1.82) is 0 Å². The van der Waals surface area contributed by atoms with E-state index in [9.17, 15) is 0 Å². The van der Waals surface area contributed by atoms with E-state index in [-0.39, 0.29) is 17.1 Å². The molecule has 0 amide bonds. The van der Waals surface area contributed by atoms with Crippen molar-refractivity contribution in [1.82, 2.24) is 15.4 Å². The van der Waals surface area contributed by atoms with Gasteiger partial charge in [0.25, 0.3) is 0 Å². The normalized spacial score (nSPS) is 6.67. The zero-order chi connectivity index (χ0) is 3.54. The van der Waals surface area contributed by atoms with Crippen LogP contribution in [-0.2, 0) is 17.1 Å². The molecular formula is C2H3FeN3+2. The van der Waals surface area contributed by atoms with Gasteiger partial charge in [-0.05, 0) is 0 Å². The summed E-state index contributed by atoms with van der Waals surface area (Å²) in [4.78, 5) is 0. The Morgan fingerprint density at radius 1 is 1.17 bits per heavy atom. The van der Waals surface area contributed by atoms with Crippen molar-refractivity contribution in [2.45, 2.75) is 0 Å². The molecule has 0 bridgehead atoms. The summed E-state index contributed by atoms with van der Waals surface area (Å²) in [6.07, 6.45) is 3.17. The quantitative estimate of drug-likeness (QED) is 0.488. The molecule has 0 fully saturated rings. The smallest absolute Gasteiger partial charge is 0.198 e. The van der Waals surface area contributed by atoms with Crippen molar-refractivity contribution < 1.29 is 17.1 Å². The maximum absolute atomic E-state index is 3.49. The zero-order valence-corrected chi connectivity index (χ0v) is 4.01. The van der Waals surface area contributed by atoms with Crippen LogP contribution < -0.4 is 0 Å². The van der Waals surface area contributed by atoms with Crippen molar-refractivity contribution in [2.75, 3.05) is 0 Å². The maximum atomic E-state index is 3.49. The molecule has 32 valence electrons. The summed E-state index contributed by atoms with van der Waals surface area (Å²) < 4.78 is 0. The number of hydrogen-bond acceptors (Lipinski definition) is 2. The molecule has 4 heteroatoms. The van der Waals surface area contributed by atoms with E-state index in [2.05, 4.69) is 15.4 Å². The molecule has 0 unspecified atom stereocenters. The van der Waals surface area contributed by atoms with Gasteiger partial charge in [0.2, 0.25) is 0 Å². The number of hydrogen-bond donors (Lipinski definition) is 1. The first kappa shape index (κ1) is 5.66. The molecule has 0 aliphatic heterocycles. The fourth-order valence-corrected chi connectivity index (χ4v) is 0.167. The fourth-order valence-electron chi connectivity index (χ4n) is 0.167. The van der Waals surface area contributed by atoms with E-state index < -0.39 is 0 Å². The minimum atomic E-state index is 0. The van der Waals surface area contributed by atoms with E-state index in [0.717, 1.165) is 0 Å². The molecule has 3 nitrogen and oxygen atoms in total. The Morgan fingerprint density at radius 2 is 1.67 bits per heavy atom. The van der Waals surface area contributed by atoms with Crippen LogP contribution in [0.5, 0.6) is 0 Å². The van der Waals surface area contributed by atoms with Gasteiger partial charge in [-0.15, -0.1) is 0 Å². The molecule has 0 saturated heterocycles. The summed E-state index contributed by atoms with van der Waals surface area (Å²) in [5.41, 5.74) is 0. The van der Waals surface area contributed by atoms with Gasteiger partial charge >= 0.3 is 17.1 Å². The zero-order valence-electron chi connectivity index (χ0n) is 2.90. The predicted molar refractivity (Wildman–Crippen MR) is 16.4 cm³/mol. The number of aromatic nitrogens is 3. The largest absolute Gasteiger partial charge is 2.00 e. The Kier molecular flexibility index (Phi) is 2.71. The van der Waals surface area contributed by atoms with Crippen molar-refractivity contribution in [3.8, 4) is 0 Å². The number of rotatable bonds is 0. The van der Waals surface area contributed by atoms with Gasteiger partial charge < -0.3 is 0 Å². The molecule has 1 aromatic rings. The first-order valence-corrected chi connectivity index (χ1v) is 1.30. The van der Waals surface area contributed by atoms with E-state index in [1.165, 1.54) is 0 Å². The Morgan fingerprint density at radius 3 is 1.83 bits per heavy atom. The second-order valence-electron chi connectivity index (χ2n) is 0.656. The summed E-state index contributed by atoms with van der Waals surface area (Å²) in [6.45, 7) is 0. The fraction of sp³-hybridized carbons (Fsp3) is 0. The maximum Gasteiger partial charge on any atom is 2.00 e. The van der Waals surface area contributed by atoms with Crippen molar-refractivity contribution >= 4 is 0 Å². The minimum Gasteiger partial charge on any atom is -0.198 e. The monoisotopic (exact) mass is 125 g/mol. The van der Waals surface area contributed by atoms with Crippen LogP contribution in [0.4, 0.5) is 0 Å². The van der Waals surface area contributed by atoms with Crippen molar-refractivity contribution in [3.05, 3.63) is 12.4 Å². The molecule has 0 aliphatic carbocycles. The minimum absolute atomic E-state index is 0. The van der Waals surface area contributed by atoms with E-state index in [4.69, 9.17) is 0 Å². The van der Waals surface area contributed by atoms with Gasteiger partial charge in [-0.25, -0.2) is 0 Å². The van der Waals surface area contributed by atoms with E-state index in [1.807, 2.05) is 0 Å². The third-order valence-corrected chi connectivity index (χ3v) is 0.331. The molecule has 0 radical (unpaired) electrons. The van der Waals surface area contributed by atoms with Crippen LogP contribution >= 0.6 is 0 Å². The second kappa shape index (κ2) is 2.87. The number of H-pyrrole nitrogens is 1. The molecule has 1 aromatic heterocycles. The van der Waals surface area contributed by atoms with Crippen LogP contribution in [0.25, 0.3) is 0 Å². The SMILES string of the molecule is [Fe+2].c1cn[nH]n1. The third kappa shape index (κ3) is 1.19. The standard InChI is InChI=1S/C2H3N3.Fe/c1-2-4-5-3-1;/h1-2H,(H,3,4,5);/q;+2. The van der Waals surface area contributed by atoms with Crippen molar-refractivity contribution in [3.63, 3.8) is 0 Å². The van der Waals surface area contributed by atoms with Gasteiger partial charge in [0.1, 0.15) is 0 Å². The number of nitrogens with zero attached hydrogens (tertiary/aromatic N) is 2. The second-order valence-corrected chi connectivity index (χ2v) is 0.656. The Bertz CT molecular complexity index is 65.3. The summed E-state index contributed by atoms with van der Waals surface area (Å²) in [7, 11) is 0. The average molecular weight is 125 g/mol. The van der Waals surface area contributed by atoms with Crippen LogP contribution in [0.1, 0.15) is 0 Å². The first-order chi connectivity index (χ1) is 2.50. The molecule has 6 heavy (non-hydrogen) atoms. The van der Waals surface area contributed by atoms with Crippen LogP contribution in [-0.4, -0.2) is 15.4 Å². The van der Waals surface area contributed by atoms with Crippen LogP contribution in [0.2, 0.25) is 0 Å². The molecular weight excluding hydrogens is 122 g/mol. The van der Waals surface area contributed by atoms with Gasteiger partial charge in [0.05, 0.1) is 12.4 Å². The number of nitrogens with one attached hydrogen (secondary N) is 1. The van der Waals surface area contributed by atoms with Crippen LogP contribution in [0.15, 0.2) is 12.4 Å². The van der Waals surface area contributed by atoms with Gasteiger partial charge in [-0.3, -0.25) is 0 Å². The average Bonchev–Trinajstić information content (AvgIpc) is 1.76. The number of aromatic amines is 1. The van der Waals surface area contributed by atoms with Crippen molar-refractivity contribution in [2.24, 2.45) is 0 Å². The van der Waals surface area contributed by atoms with Gasteiger partial charge in [-0.2, -0.15) is 15.4 Å². The van der Waals surface area contributed by atoms with Crippen LogP contribution in [0, 0.1) is 0 Å². The molecule has 0 aromatic carbocycles. The summed E-state index contributed by atoms with van der Waals surface area (Å²) in [5, 5.41) is 9.33. The molecule has 0 atom stereocenters. The Balaban J connectivity index is 0.000000250. The third-order valence-electron chi connectivity index (χ3n) is 0.331. The first-order valence-electron chi connectivity index (χ1n) is 1.30. The Hall–Kier alpha value is -0.341. The summed E-state index contributed by atoms with van der Waals surface area (Å²) >= 11 is 0. The Labute approximate surface area is 45.6 Å². The summed E-state index contributed by atoms with van der Waals surface area (Å²) in [6, 6.07) is 0. The van der Waals surface area contributed by atoms with Gasteiger partial charge in [0, 0.05) is 0 Å². The van der Waals surface area contributed by atoms with E-state index in [1.54, 1.807) is 12.4 Å².